The Morgan fingerprint density at radius 1 is 0.778 bits per heavy atom. The molecular weight excluding hydrogens is 746 g/mol. The second kappa shape index (κ2) is 17.3. The first kappa shape index (κ1) is 40.7. The van der Waals surface area contributed by atoms with Crippen LogP contribution in [0, 0.1) is 0 Å². The SMILES string of the molecule is CN(C)CCN1CCN(C2=Nc3ccccc3C(CC(=O)NCc3ccc(N(S(C)(=O)=O)S(C)(=O)=O)cc3)N2c2ccc(-c3ccccc3)cc2)CC1.Cl. The Bertz CT molecular complexity index is 2110. The smallest absolute Gasteiger partial charge is 0.245 e. The second-order valence-electron chi connectivity index (χ2n) is 13.8. The van der Waals surface area contributed by atoms with Crippen molar-refractivity contribution in [2.45, 2.75) is 19.0 Å². The number of rotatable bonds is 12. The molecule has 0 bridgehead atoms. The van der Waals surface area contributed by atoms with Crippen LogP contribution in [0.25, 0.3) is 11.1 Å². The molecule has 1 saturated heterocycles. The highest BCUT2D eigenvalue weighted by Gasteiger charge is 2.36. The molecular formula is C39H48ClN7O5S2. The number of carbonyl (C=O) groups is 1. The van der Waals surface area contributed by atoms with E-state index in [0.29, 0.717) is 9.27 Å². The maximum Gasteiger partial charge on any atom is 0.245 e. The standard InChI is InChI=1S/C39H47N7O5S2.ClH/c1-42(2)22-23-43-24-26-44(27-25-43)39-41-36-13-9-8-12-35(36)37(45(39)33-20-16-32(17-21-33)31-10-6-5-7-11-31)28-38(47)40-29-30-14-18-34(19-15-30)46(52(3,48)49)53(4,50)51;/h5-21,37H,22-29H2,1-4H3,(H,40,47);1H. The van der Waals surface area contributed by atoms with Crippen LogP contribution in [0.5, 0.6) is 0 Å². The molecule has 1 unspecified atom stereocenters. The number of likely N-dealkylation sites (N-methyl/N-ethyl adjacent to an activating group) is 1. The van der Waals surface area contributed by atoms with Crippen LogP contribution in [-0.4, -0.2) is 109 Å². The Balaban J connectivity index is 0.00000561. The van der Waals surface area contributed by atoms with E-state index in [1.165, 1.54) is 12.1 Å². The Morgan fingerprint density at radius 3 is 1.98 bits per heavy atom. The van der Waals surface area contributed by atoms with E-state index in [1.807, 2.05) is 42.5 Å². The lowest BCUT2D eigenvalue weighted by Gasteiger charge is -2.45. The van der Waals surface area contributed by atoms with Crippen molar-refractivity contribution in [2.75, 3.05) is 74.5 Å². The highest BCUT2D eigenvalue weighted by molar-refractivity contribution is 8.09. The lowest BCUT2D eigenvalue weighted by Crippen LogP contribution is -2.56. The summed E-state index contributed by atoms with van der Waals surface area (Å²) in [6, 6.07) is 32.3. The van der Waals surface area contributed by atoms with Gasteiger partial charge in [0, 0.05) is 57.1 Å². The lowest BCUT2D eigenvalue weighted by molar-refractivity contribution is -0.121. The zero-order valence-corrected chi connectivity index (χ0v) is 33.4. The topological polar surface area (TPSA) is 126 Å². The average molecular weight is 794 g/mol. The van der Waals surface area contributed by atoms with Crippen molar-refractivity contribution < 1.29 is 21.6 Å². The van der Waals surface area contributed by atoms with E-state index >= 15 is 0 Å². The molecule has 6 rings (SSSR count). The lowest BCUT2D eigenvalue weighted by atomic mass is 9.96. The van der Waals surface area contributed by atoms with Crippen LogP contribution in [0.15, 0.2) is 108 Å². The minimum atomic E-state index is -4.07. The molecule has 12 nitrogen and oxygen atoms in total. The molecule has 2 aliphatic rings. The summed E-state index contributed by atoms with van der Waals surface area (Å²) in [5.74, 6) is 0.640. The number of nitrogens with one attached hydrogen (secondary N) is 1. The number of sulfonamides is 2. The van der Waals surface area contributed by atoms with Gasteiger partial charge in [0.05, 0.1) is 36.3 Å². The minimum Gasteiger partial charge on any atom is -0.352 e. The number of hydrogen-bond acceptors (Lipinski definition) is 10. The fourth-order valence-corrected chi connectivity index (χ4v) is 9.78. The van der Waals surface area contributed by atoms with Gasteiger partial charge in [-0.05, 0) is 61.1 Å². The third-order valence-electron chi connectivity index (χ3n) is 9.43. The number of para-hydroxylation sites is 1. The second-order valence-corrected chi connectivity index (χ2v) is 17.7. The Hall–Kier alpha value is -4.47. The highest BCUT2D eigenvalue weighted by Crippen LogP contribution is 2.41. The van der Waals surface area contributed by atoms with Gasteiger partial charge in [0.25, 0.3) is 0 Å². The van der Waals surface area contributed by atoms with Gasteiger partial charge >= 0.3 is 0 Å². The van der Waals surface area contributed by atoms with Crippen molar-refractivity contribution in [3.05, 3.63) is 114 Å². The van der Waals surface area contributed by atoms with Crippen LogP contribution in [0.3, 0.4) is 0 Å². The summed E-state index contributed by atoms with van der Waals surface area (Å²) in [6.45, 7) is 5.59. The third-order valence-corrected chi connectivity index (χ3v) is 12.7. The summed E-state index contributed by atoms with van der Waals surface area (Å²) >= 11 is 0. The number of nitrogens with zero attached hydrogens (tertiary/aromatic N) is 6. The zero-order chi connectivity index (χ0) is 37.8. The van der Waals surface area contributed by atoms with Crippen LogP contribution < -0.4 is 13.9 Å². The summed E-state index contributed by atoms with van der Waals surface area (Å²) in [5.41, 5.74) is 5.63. The largest absolute Gasteiger partial charge is 0.352 e. The van der Waals surface area contributed by atoms with Gasteiger partial charge in [-0.2, -0.15) is 3.71 Å². The summed E-state index contributed by atoms with van der Waals surface area (Å²) in [6.07, 6.45) is 1.83. The van der Waals surface area contributed by atoms with Crippen LogP contribution in [-0.2, 0) is 31.4 Å². The van der Waals surface area contributed by atoms with E-state index in [-0.39, 0.29) is 43.0 Å². The summed E-state index contributed by atoms with van der Waals surface area (Å²) in [5, 5.41) is 3.03. The monoisotopic (exact) mass is 793 g/mol. The molecule has 2 heterocycles. The van der Waals surface area contributed by atoms with Gasteiger partial charge < -0.3 is 20.0 Å². The molecule has 1 fully saturated rings. The van der Waals surface area contributed by atoms with Crippen LogP contribution >= 0.6 is 12.4 Å². The number of hydrogen-bond donors (Lipinski definition) is 1. The first-order valence-corrected chi connectivity index (χ1v) is 21.3. The molecule has 0 spiro atoms. The number of carbonyl (C=O) groups excluding carboxylic acids is 1. The summed E-state index contributed by atoms with van der Waals surface area (Å²) in [4.78, 5) is 28.3. The predicted octanol–water partition coefficient (Wildman–Crippen LogP) is 4.94. The zero-order valence-electron chi connectivity index (χ0n) is 31.0. The molecule has 2 aliphatic heterocycles. The van der Waals surface area contributed by atoms with Gasteiger partial charge in [0.15, 0.2) is 0 Å². The number of aliphatic imine (C=N–C) groups is 1. The first-order chi connectivity index (χ1) is 25.3. The van der Waals surface area contributed by atoms with Crippen molar-refractivity contribution in [1.82, 2.24) is 20.0 Å². The molecule has 54 heavy (non-hydrogen) atoms. The fourth-order valence-electron chi connectivity index (χ4n) is 6.80. The number of amides is 1. The minimum absolute atomic E-state index is 0. The van der Waals surface area contributed by atoms with Crippen molar-refractivity contribution in [3.63, 3.8) is 0 Å². The Kier molecular flexibility index (Phi) is 13.1. The summed E-state index contributed by atoms with van der Waals surface area (Å²) < 4.78 is 49.3. The van der Waals surface area contributed by atoms with Crippen molar-refractivity contribution in [2.24, 2.45) is 4.99 Å². The normalized spacial score (nSPS) is 16.3. The molecule has 0 radical (unpaired) electrons. The molecule has 1 atom stereocenters. The van der Waals surface area contributed by atoms with E-state index in [1.54, 1.807) is 12.1 Å². The molecule has 288 valence electrons. The molecule has 0 aromatic heterocycles. The van der Waals surface area contributed by atoms with E-state index < -0.39 is 20.0 Å². The van der Waals surface area contributed by atoms with Gasteiger partial charge in [0.2, 0.25) is 31.9 Å². The molecule has 4 aromatic carbocycles. The Morgan fingerprint density at radius 2 is 1.37 bits per heavy atom. The van der Waals surface area contributed by atoms with E-state index in [2.05, 4.69) is 75.4 Å². The van der Waals surface area contributed by atoms with Crippen LogP contribution in [0.2, 0.25) is 0 Å². The molecule has 0 aliphatic carbocycles. The quantitative estimate of drug-likeness (QED) is 0.213. The van der Waals surface area contributed by atoms with Gasteiger partial charge in [-0.15, -0.1) is 12.4 Å². The van der Waals surface area contributed by atoms with Crippen LogP contribution in [0.1, 0.15) is 23.6 Å². The fraction of sp³-hybridized carbons (Fsp3) is 0.333. The molecule has 1 amide bonds. The molecule has 0 saturated carbocycles. The first-order valence-electron chi connectivity index (χ1n) is 17.6. The molecule has 1 N–H and O–H groups in total. The van der Waals surface area contributed by atoms with Crippen LogP contribution in [0.4, 0.5) is 17.1 Å². The van der Waals surface area contributed by atoms with E-state index in [4.69, 9.17) is 4.99 Å². The third kappa shape index (κ3) is 9.79. The van der Waals surface area contributed by atoms with Gasteiger partial charge in [-0.1, -0.05) is 72.8 Å². The highest BCUT2D eigenvalue weighted by atomic mass is 35.5. The van der Waals surface area contributed by atoms with Crippen molar-refractivity contribution in [1.29, 1.82) is 0 Å². The molecule has 4 aromatic rings. The maximum atomic E-state index is 13.8. The van der Waals surface area contributed by atoms with Gasteiger partial charge in [0.1, 0.15) is 0 Å². The molecule has 15 heteroatoms. The maximum absolute atomic E-state index is 13.8. The number of anilines is 2. The van der Waals surface area contributed by atoms with E-state index in [9.17, 15) is 21.6 Å². The average Bonchev–Trinajstić information content (AvgIpc) is 3.13. The number of halogens is 1. The number of piperazine rings is 1. The van der Waals surface area contributed by atoms with Crippen molar-refractivity contribution in [3.8, 4) is 11.1 Å². The Labute approximate surface area is 325 Å². The van der Waals surface area contributed by atoms with Gasteiger partial charge in [-0.25, -0.2) is 21.8 Å². The predicted molar refractivity (Wildman–Crippen MR) is 220 cm³/mol. The van der Waals surface area contributed by atoms with Crippen molar-refractivity contribution >= 4 is 61.4 Å². The summed E-state index contributed by atoms with van der Waals surface area (Å²) in [7, 11) is -3.95. The van der Waals surface area contributed by atoms with Gasteiger partial charge in [-0.3, -0.25) is 9.69 Å². The number of fused-ring (bicyclic) bond motifs is 1. The number of benzene rings is 4. The number of guanidine groups is 1. The van der Waals surface area contributed by atoms with E-state index in [0.717, 1.165) is 85.8 Å².